The number of sulfone groups is 1. The molecule has 11 heteroatoms. The second-order valence-electron chi connectivity index (χ2n) is 7.41. The van der Waals surface area contributed by atoms with Gasteiger partial charge in [-0.05, 0) is 25.0 Å². The molecular weight excluding hydrogens is 440 g/mol. The second kappa shape index (κ2) is 9.65. The van der Waals surface area contributed by atoms with Crippen LogP contribution in [0.25, 0.3) is 0 Å². The lowest BCUT2D eigenvalue weighted by Crippen LogP contribution is -2.48. The number of carbonyl (C=O) groups excluding carboxylic acids is 3. The van der Waals surface area contributed by atoms with E-state index in [0.29, 0.717) is 0 Å². The average molecular weight is 465 g/mol. The van der Waals surface area contributed by atoms with Crippen molar-refractivity contribution in [1.82, 2.24) is 15.1 Å². The molecule has 0 aliphatic carbocycles. The van der Waals surface area contributed by atoms with Crippen LogP contribution in [-0.2, 0) is 21.1 Å². The van der Waals surface area contributed by atoms with Crippen LogP contribution in [0.5, 0.6) is 0 Å². The molecule has 0 fully saturated rings. The Balaban J connectivity index is 1.80. The molecule has 1 aromatic carbocycles. The Hall–Kier alpha value is -2.66. The fourth-order valence-electron chi connectivity index (χ4n) is 3.31. The van der Waals surface area contributed by atoms with E-state index in [-0.39, 0.29) is 28.4 Å². The van der Waals surface area contributed by atoms with Gasteiger partial charge in [0.15, 0.2) is 0 Å². The maximum absolute atomic E-state index is 13.0. The number of imide groups is 1. The molecule has 3 amide bonds. The molecule has 3 rings (SSSR count). The van der Waals surface area contributed by atoms with E-state index in [4.69, 9.17) is 0 Å². The fraction of sp³-hybridized carbons (Fsp3) is 0.450. The summed E-state index contributed by atoms with van der Waals surface area (Å²) >= 11 is 1.22. The first-order chi connectivity index (χ1) is 14.7. The highest BCUT2D eigenvalue weighted by atomic mass is 32.2. The van der Waals surface area contributed by atoms with Gasteiger partial charge in [-0.25, -0.2) is 8.42 Å². The normalized spacial score (nSPS) is 14.6. The van der Waals surface area contributed by atoms with Crippen molar-refractivity contribution >= 4 is 44.0 Å². The first-order valence-electron chi connectivity index (χ1n) is 9.99. The van der Waals surface area contributed by atoms with Crippen molar-refractivity contribution in [3.05, 3.63) is 40.4 Å². The van der Waals surface area contributed by atoms with Gasteiger partial charge in [-0.3, -0.25) is 24.6 Å². The summed E-state index contributed by atoms with van der Waals surface area (Å²) < 4.78 is 23.4. The number of aromatic nitrogens is 2. The number of hydrogen-bond acceptors (Lipinski definition) is 8. The zero-order valence-electron chi connectivity index (χ0n) is 17.3. The van der Waals surface area contributed by atoms with Crippen LogP contribution in [0.4, 0.5) is 5.13 Å². The zero-order chi connectivity index (χ0) is 22.6. The summed E-state index contributed by atoms with van der Waals surface area (Å²) in [4.78, 5) is 39.5. The van der Waals surface area contributed by atoms with Gasteiger partial charge in [-0.15, -0.1) is 10.2 Å². The number of nitrogens with zero attached hydrogens (tertiary/aromatic N) is 3. The number of aryl methyl sites for hydroxylation is 1. The molecule has 0 radical (unpaired) electrons. The molecule has 0 spiro atoms. The highest BCUT2D eigenvalue weighted by Gasteiger charge is 2.43. The smallest absolute Gasteiger partial charge is 0.262 e. The molecule has 1 aromatic heterocycles. The van der Waals surface area contributed by atoms with E-state index >= 15 is 0 Å². The summed E-state index contributed by atoms with van der Waals surface area (Å²) in [6, 6.07) is 4.98. The minimum Gasteiger partial charge on any atom is -0.299 e. The van der Waals surface area contributed by atoms with Crippen molar-refractivity contribution in [1.29, 1.82) is 0 Å². The van der Waals surface area contributed by atoms with Crippen LogP contribution in [0, 0.1) is 0 Å². The van der Waals surface area contributed by atoms with Crippen LogP contribution in [0.2, 0.25) is 0 Å². The van der Waals surface area contributed by atoms with E-state index < -0.39 is 33.6 Å². The molecule has 0 saturated carbocycles. The molecule has 1 N–H and O–H groups in total. The van der Waals surface area contributed by atoms with E-state index in [2.05, 4.69) is 22.4 Å². The maximum atomic E-state index is 13.0. The molecule has 31 heavy (non-hydrogen) atoms. The van der Waals surface area contributed by atoms with E-state index in [9.17, 15) is 22.8 Å². The van der Waals surface area contributed by atoms with E-state index in [0.717, 1.165) is 41.8 Å². The number of unbranched alkanes of at least 4 members (excludes halogenated alkanes) is 2. The standard InChI is InChI=1S/C20H24N4O5S2/c1-3-4-5-10-16-22-23-20(30-16)21-17(25)15(11-12-31(2,28)29)24-18(26)13-8-6-7-9-14(13)19(24)27/h6-9,15H,3-5,10-12H2,1-2H3,(H,21,23,25)/t15-/m1/s1. The number of anilines is 1. The summed E-state index contributed by atoms with van der Waals surface area (Å²) in [5, 5.41) is 11.6. The quantitative estimate of drug-likeness (QED) is 0.422. The van der Waals surface area contributed by atoms with Crippen molar-refractivity contribution in [2.45, 2.75) is 45.1 Å². The minimum absolute atomic E-state index is 0.193. The number of hydrogen-bond donors (Lipinski definition) is 1. The Morgan fingerprint density at radius 2 is 1.77 bits per heavy atom. The van der Waals surface area contributed by atoms with E-state index in [1.165, 1.54) is 23.5 Å². The number of nitrogens with one attached hydrogen (secondary N) is 1. The SMILES string of the molecule is CCCCCc1nnc(NC(=O)[C@@H](CCS(C)(=O)=O)N2C(=O)c3ccccc3C2=O)s1. The molecule has 0 bridgehead atoms. The van der Waals surface area contributed by atoms with Gasteiger partial charge >= 0.3 is 0 Å². The molecular formula is C20H24N4O5S2. The zero-order valence-corrected chi connectivity index (χ0v) is 19.0. The van der Waals surface area contributed by atoms with Gasteiger partial charge in [0.1, 0.15) is 20.9 Å². The van der Waals surface area contributed by atoms with Gasteiger partial charge in [-0.2, -0.15) is 0 Å². The van der Waals surface area contributed by atoms with E-state index in [1.807, 2.05) is 0 Å². The van der Waals surface area contributed by atoms with Gasteiger partial charge in [0.05, 0.1) is 16.9 Å². The average Bonchev–Trinajstić information content (AvgIpc) is 3.25. The predicted octanol–water partition coefficient (Wildman–Crippen LogP) is 2.31. The summed E-state index contributed by atoms with van der Waals surface area (Å²) in [6.07, 6.45) is 4.68. The van der Waals surface area contributed by atoms with Crippen molar-refractivity contribution in [2.24, 2.45) is 0 Å². The van der Waals surface area contributed by atoms with Gasteiger partial charge < -0.3 is 0 Å². The summed E-state index contributed by atoms with van der Waals surface area (Å²) in [6.45, 7) is 2.10. The summed E-state index contributed by atoms with van der Waals surface area (Å²) in [5.41, 5.74) is 0.387. The van der Waals surface area contributed by atoms with Gasteiger partial charge in [0.2, 0.25) is 11.0 Å². The Kier molecular flexibility index (Phi) is 7.16. The molecule has 2 aromatic rings. The van der Waals surface area contributed by atoms with Crippen LogP contribution in [-0.4, -0.2) is 59.3 Å². The number of carbonyl (C=O) groups is 3. The lowest BCUT2D eigenvalue weighted by molar-refractivity contribution is -0.120. The highest BCUT2D eigenvalue weighted by Crippen LogP contribution is 2.27. The van der Waals surface area contributed by atoms with Crippen molar-refractivity contribution < 1.29 is 22.8 Å². The maximum Gasteiger partial charge on any atom is 0.262 e. The molecule has 9 nitrogen and oxygen atoms in total. The van der Waals surface area contributed by atoms with Crippen molar-refractivity contribution in [2.75, 3.05) is 17.3 Å². The first kappa shape index (κ1) is 23.0. The van der Waals surface area contributed by atoms with E-state index in [1.54, 1.807) is 12.1 Å². The van der Waals surface area contributed by atoms with Crippen LogP contribution in [0.3, 0.4) is 0 Å². The van der Waals surface area contributed by atoms with Gasteiger partial charge in [0, 0.05) is 12.7 Å². The number of rotatable bonds is 10. The number of fused-ring (bicyclic) bond motifs is 1. The van der Waals surface area contributed by atoms with Crippen LogP contribution in [0.15, 0.2) is 24.3 Å². The molecule has 0 unspecified atom stereocenters. The molecule has 166 valence electrons. The Bertz CT molecular complexity index is 1060. The third-order valence-corrected chi connectivity index (χ3v) is 6.77. The number of benzene rings is 1. The summed E-state index contributed by atoms with van der Waals surface area (Å²) in [5.74, 6) is -2.26. The first-order valence-corrected chi connectivity index (χ1v) is 12.9. The molecule has 2 heterocycles. The Morgan fingerprint density at radius 3 is 2.35 bits per heavy atom. The Morgan fingerprint density at radius 1 is 1.13 bits per heavy atom. The highest BCUT2D eigenvalue weighted by molar-refractivity contribution is 7.90. The minimum atomic E-state index is -3.42. The lowest BCUT2D eigenvalue weighted by atomic mass is 10.1. The topological polar surface area (TPSA) is 126 Å². The molecule has 1 atom stereocenters. The number of amides is 3. The monoisotopic (exact) mass is 464 g/mol. The van der Waals surface area contributed by atoms with Crippen LogP contribution >= 0.6 is 11.3 Å². The van der Waals surface area contributed by atoms with Crippen molar-refractivity contribution in [3.63, 3.8) is 0 Å². The third-order valence-electron chi connectivity index (χ3n) is 4.89. The van der Waals surface area contributed by atoms with Gasteiger partial charge in [-0.1, -0.05) is 43.2 Å². The summed E-state index contributed by atoms with van der Waals surface area (Å²) in [7, 11) is -3.42. The Labute approximate surface area is 184 Å². The fourth-order valence-corrected chi connectivity index (χ4v) is 4.75. The van der Waals surface area contributed by atoms with Gasteiger partial charge in [0.25, 0.3) is 11.8 Å². The van der Waals surface area contributed by atoms with Crippen molar-refractivity contribution in [3.8, 4) is 0 Å². The molecule has 1 aliphatic rings. The molecule has 1 aliphatic heterocycles. The predicted molar refractivity (Wildman–Crippen MR) is 117 cm³/mol. The largest absolute Gasteiger partial charge is 0.299 e. The van der Waals surface area contributed by atoms with Crippen LogP contribution < -0.4 is 5.32 Å². The second-order valence-corrected chi connectivity index (χ2v) is 10.7. The lowest BCUT2D eigenvalue weighted by Gasteiger charge is -2.24. The van der Waals surface area contributed by atoms with Crippen LogP contribution in [0.1, 0.15) is 58.3 Å². The molecule has 0 saturated heterocycles. The third kappa shape index (κ3) is 5.53.